The van der Waals surface area contributed by atoms with E-state index in [1.807, 2.05) is 20.8 Å². The third-order valence-corrected chi connectivity index (χ3v) is 3.57. The van der Waals surface area contributed by atoms with Crippen LogP contribution in [0.5, 0.6) is 0 Å². The molecule has 1 aliphatic rings. The summed E-state index contributed by atoms with van der Waals surface area (Å²) < 4.78 is 5.24. The highest BCUT2D eigenvalue weighted by Gasteiger charge is 2.21. The molecule has 0 radical (unpaired) electrons. The second-order valence-electron chi connectivity index (χ2n) is 6.66. The number of likely N-dealkylation sites (tertiary alicyclic amines) is 1. The van der Waals surface area contributed by atoms with Crippen molar-refractivity contribution in [2.45, 2.75) is 52.1 Å². The second kappa shape index (κ2) is 8.47. The van der Waals surface area contributed by atoms with Gasteiger partial charge < -0.3 is 20.7 Å². The number of carbonyl (C=O) groups excluding carboxylic acids is 1. The van der Waals surface area contributed by atoms with Gasteiger partial charge in [-0.05, 0) is 78.6 Å². The van der Waals surface area contributed by atoms with Gasteiger partial charge in [-0.1, -0.05) is 0 Å². The van der Waals surface area contributed by atoms with Crippen molar-refractivity contribution >= 4 is 6.09 Å². The van der Waals surface area contributed by atoms with E-state index < -0.39 is 5.60 Å². The molecule has 3 N–H and O–H groups in total. The summed E-state index contributed by atoms with van der Waals surface area (Å²) in [4.78, 5) is 14.1. The molecule has 5 nitrogen and oxygen atoms in total. The molecule has 0 aromatic carbocycles. The number of nitrogens with one attached hydrogen (secondary N) is 1. The molecule has 0 aromatic heterocycles. The third kappa shape index (κ3) is 7.70. The van der Waals surface area contributed by atoms with Crippen molar-refractivity contribution in [3.05, 3.63) is 0 Å². The van der Waals surface area contributed by atoms with Crippen molar-refractivity contribution in [1.82, 2.24) is 10.2 Å². The van der Waals surface area contributed by atoms with Crippen molar-refractivity contribution in [2.24, 2.45) is 11.7 Å². The summed E-state index contributed by atoms with van der Waals surface area (Å²) in [6, 6.07) is 0. The largest absolute Gasteiger partial charge is 0.444 e. The number of hydrogen-bond acceptors (Lipinski definition) is 4. The molecule has 1 amide bonds. The Morgan fingerprint density at radius 1 is 1.30 bits per heavy atom. The summed E-state index contributed by atoms with van der Waals surface area (Å²) in [7, 11) is 0. The number of alkyl carbamates (subject to hydrolysis) is 1. The molecule has 20 heavy (non-hydrogen) atoms. The first-order valence-corrected chi connectivity index (χ1v) is 7.80. The Labute approximate surface area is 123 Å². The van der Waals surface area contributed by atoms with Gasteiger partial charge in [0.25, 0.3) is 0 Å². The van der Waals surface area contributed by atoms with Crippen LogP contribution in [0.2, 0.25) is 0 Å². The Morgan fingerprint density at radius 3 is 2.50 bits per heavy atom. The molecule has 1 heterocycles. The third-order valence-electron chi connectivity index (χ3n) is 3.57. The van der Waals surface area contributed by atoms with Crippen LogP contribution in [0.15, 0.2) is 0 Å². The second-order valence-corrected chi connectivity index (χ2v) is 6.66. The highest BCUT2D eigenvalue weighted by Crippen LogP contribution is 2.17. The van der Waals surface area contributed by atoms with Crippen LogP contribution in [0.25, 0.3) is 0 Å². The molecule has 0 atom stereocenters. The topological polar surface area (TPSA) is 67.6 Å². The van der Waals surface area contributed by atoms with E-state index in [2.05, 4.69) is 10.2 Å². The van der Waals surface area contributed by atoms with Crippen molar-refractivity contribution in [3.8, 4) is 0 Å². The molecule has 0 aromatic rings. The molecule has 1 aliphatic heterocycles. The van der Waals surface area contributed by atoms with Crippen molar-refractivity contribution in [3.63, 3.8) is 0 Å². The SMILES string of the molecule is CC(C)(C)OC(=O)NCC1CCN(CCCCN)CC1. The number of rotatable bonds is 6. The molecule has 0 saturated carbocycles. The summed E-state index contributed by atoms with van der Waals surface area (Å²) >= 11 is 0. The quantitative estimate of drug-likeness (QED) is 0.732. The van der Waals surface area contributed by atoms with E-state index in [1.54, 1.807) is 0 Å². The first-order chi connectivity index (χ1) is 9.40. The number of unbranched alkanes of at least 4 members (excludes halogenated alkanes) is 1. The van der Waals surface area contributed by atoms with Gasteiger partial charge in [-0.3, -0.25) is 0 Å². The Morgan fingerprint density at radius 2 is 1.95 bits per heavy atom. The number of nitrogens with zero attached hydrogens (tertiary/aromatic N) is 1. The molecular weight excluding hydrogens is 254 g/mol. The van der Waals surface area contributed by atoms with E-state index >= 15 is 0 Å². The maximum absolute atomic E-state index is 11.6. The fourth-order valence-corrected chi connectivity index (χ4v) is 2.44. The van der Waals surface area contributed by atoms with Crippen LogP contribution in [-0.2, 0) is 4.74 Å². The highest BCUT2D eigenvalue weighted by atomic mass is 16.6. The summed E-state index contributed by atoms with van der Waals surface area (Å²) in [5.41, 5.74) is 5.09. The van der Waals surface area contributed by atoms with E-state index in [4.69, 9.17) is 10.5 Å². The molecule has 0 aliphatic carbocycles. The zero-order valence-electron chi connectivity index (χ0n) is 13.3. The van der Waals surface area contributed by atoms with Crippen molar-refractivity contribution in [1.29, 1.82) is 0 Å². The zero-order chi connectivity index (χ0) is 15.0. The molecule has 0 spiro atoms. The normalized spacial score (nSPS) is 18.0. The molecular formula is C15H31N3O2. The molecule has 5 heteroatoms. The average Bonchev–Trinajstić information content (AvgIpc) is 2.36. The first-order valence-electron chi connectivity index (χ1n) is 7.80. The van der Waals surface area contributed by atoms with Gasteiger partial charge in [0.05, 0.1) is 0 Å². The Hall–Kier alpha value is -0.810. The number of amides is 1. The monoisotopic (exact) mass is 285 g/mol. The highest BCUT2D eigenvalue weighted by molar-refractivity contribution is 5.67. The fraction of sp³-hybridized carbons (Fsp3) is 0.933. The lowest BCUT2D eigenvalue weighted by Gasteiger charge is -2.32. The molecule has 0 unspecified atom stereocenters. The van der Waals surface area contributed by atoms with Gasteiger partial charge in [-0.2, -0.15) is 0 Å². The fourth-order valence-electron chi connectivity index (χ4n) is 2.44. The number of ether oxygens (including phenoxy) is 1. The number of hydrogen-bond donors (Lipinski definition) is 2. The summed E-state index contributed by atoms with van der Waals surface area (Å²) in [6.07, 6.45) is 4.30. The Balaban J connectivity index is 2.12. The number of carbonyl (C=O) groups is 1. The maximum Gasteiger partial charge on any atom is 0.407 e. The van der Waals surface area contributed by atoms with Crippen LogP contribution in [0.1, 0.15) is 46.5 Å². The van der Waals surface area contributed by atoms with Gasteiger partial charge in [-0.15, -0.1) is 0 Å². The van der Waals surface area contributed by atoms with Gasteiger partial charge in [0.1, 0.15) is 5.60 Å². The van der Waals surface area contributed by atoms with E-state index in [0.717, 1.165) is 52.0 Å². The van der Waals surface area contributed by atoms with Gasteiger partial charge in [-0.25, -0.2) is 4.79 Å². The van der Waals surface area contributed by atoms with Crippen LogP contribution in [-0.4, -0.2) is 49.3 Å². The standard InChI is InChI=1S/C15H31N3O2/c1-15(2,3)20-14(19)17-12-13-6-10-18(11-7-13)9-5-4-8-16/h13H,4-12,16H2,1-3H3,(H,17,19). The Kier molecular flexibility index (Phi) is 7.30. The van der Waals surface area contributed by atoms with Crippen LogP contribution in [0.4, 0.5) is 4.79 Å². The summed E-state index contributed by atoms with van der Waals surface area (Å²) in [6.45, 7) is 10.6. The Bertz CT molecular complexity index is 281. The van der Waals surface area contributed by atoms with E-state index in [1.165, 1.54) is 6.42 Å². The smallest absolute Gasteiger partial charge is 0.407 e. The lowest BCUT2D eigenvalue weighted by Crippen LogP contribution is -2.40. The minimum absolute atomic E-state index is 0.303. The van der Waals surface area contributed by atoms with E-state index in [-0.39, 0.29) is 6.09 Å². The van der Waals surface area contributed by atoms with Crippen molar-refractivity contribution < 1.29 is 9.53 Å². The molecule has 0 bridgehead atoms. The number of nitrogens with two attached hydrogens (primary N) is 1. The van der Waals surface area contributed by atoms with Gasteiger partial charge in [0, 0.05) is 6.54 Å². The molecule has 118 valence electrons. The van der Waals surface area contributed by atoms with Gasteiger partial charge >= 0.3 is 6.09 Å². The minimum atomic E-state index is -0.420. The predicted octanol–water partition coefficient (Wildman–Crippen LogP) is 1.96. The van der Waals surface area contributed by atoms with E-state index in [9.17, 15) is 4.79 Å². The summed E-state index contributed by atoms with van der Waals surface area (Å²) in [5.74, 6) is 0.577. The van der Waals surface area contributed by atoms with Crippen LogP contribution < -0.4 is 11.1 Å². The lowest BCUT2D eigenvalue weighted by atomic mass is 9.96. The van der Waals surface area contributed by atoms with Crippen LogP contribution >= 0.6 is 0 Å². The molecule has 1 saturated heterocycles. The minimum Gasteiger partial charge on any atom is -0.444 e. The average molecular weight is 285 g/mol. The van der Waals surface area contributed by atoms with Crippen LogP contribution in [0, 0.1) is 5.92 Å². The van der Waals surface area contributed by atoms with E-state index in [0.29, 0.717) is 5.92 Å². The van der Waals surface area contributed by atoms with Crippen molar-refractivity contribution in [2.75, 3.05) is 32.7 Å². The zero-order valence-corrected chi connectivity index (χ0v) is 13.3. The first kappa shape index (κ1) is 17.2. The van der Waals surface area contributed by atoms with Crippen LogP contribution in [0.3, 0.4) is 0 Å². The predicted molar refractivity (Wildman–Crippen MR) is 81.7 cm³/mol. The lowest BCUT2D eigenvalue weighted by molar-refractivity contribution is 0.0510. The van der Waals surface area contributed by atoms with Gasteiger partial charge in [0.2, 0.25) is 0 Å². The number of piperidine rings is 1. The summed E-state index contributed by atoms with van der Waals surface area (Å²) in [5, 5.41) is 2.88. The molecule has 1 fully saturated rings. The van der Waals surface area contributed by atoms with Gasteiger partial charge in [0.15, 0.2) is 0 Å². The molecule has 1 rings (SSSR count). The maximum atomic E-state index is 11.6.